The van der Waals surface area contributed by atoms with Crippen LogP contribution in [0.15, 0.2) is 23.8 Å². The molecule has 1 aliphatic heterocycles. The Labute approximate surface area is 80.9 Å². The Bertz CT molecular complexity index is 353. The summed E-state index contributed by atoms with van der Waals surface area (Å²) < 4.78 is 4.92. The Morgan fingerprint density at radius 2 is 1.86 bits per heavy atom. The van der Waals surface area contributed by atoms with Crippen LogP contribution in [0, 0.1) is 0 Å². The second-order valence-corrected chi connectivity index (χ2v) is 3.31. The number of carbonyl (C=O) groups is 2. The predicted molar refractivity (Wildman–Crippen MR) is 47.6 cm³/mol. The van der Waals surface area contributed by atoms with Gasteiger partial charge in [0.15, 0.2) is 23.8 Å². The van der Waals surface area contributed by atoms with E-state index in [1.165, 1.54) is 0 Å². The maximum atomic E-state index is 11.6. The number of hydrogen-bond donors (Lipinski definition) is 1. The lowest BCUT2D eigenvalue weighted by Gasteiger charge is -2.12. The molecular formula is C10H10O4. The standard InChI is InChI=1S/C10H10O4/c1-2-3-5-6(4-11)8(13)10-9(14-10)7(5)12/h2,9-11H,1,3-4H2/t9-,10+/m0/s1. The first-order valence-corrected chi connectivity index (χ1v) is 4.38. The van der Waals surface area contributed by atoms with Crippen molar-refractivity contribution in [2.75, 3.05) is 6.61 Å². The van der Waals surface area contributed by atoms with Crippen LogP contribution >= 0.6 is 0 Å². The van der Waals surface area contributed by atoms with Gasteiger partial charge in [-0.2, -0.15) is 0 Å². The number of ether oxygens (including phenoxy) is 1. The summed E-state index contributed by atoms with van der Waals surface area (Å²) in [5.41, 5.74) is 0.542. The number of Topliss-reactive ketones (excluding diaryl/α,β-unsaturated/α-hetero) is 2. The van der Waals surface area contributed by atoms with E-state index < -0.39 is 18.8 Å². The molecule has 0 bridgehead atoms. The second-order valence-electron chi connectivity index (χ2n) is 3.31. The Morgan fingerprint density at radius 1 is 1.29 bits per heavy atom. The molecule has 1 aliphatic carbocycles. The largest absolute Gasteiger partial charge is 0.392 e. The van der Waals surface area contributed by atoms with Crippen LogP contribution in [0.1, 0.15) is 6.42 Å². The van der Waals surface area contributed by atoms with Gasteiger partial charge in [-0.3, -0.25) is 9.59 Å². The fraction of sp³-hybridized carbons (Fsp3) is 0.400. The fourth-order valence-corrected chi connectivity index (χ4v) is 1.69. The lowest BCUT2D eigenvalue weighted by molar-refractivity contribution is -0.120. The maximum Gasteiger partial charge on any atom is 0.193 e. The van der Waals surface area contributed by atoms with Gasteiger partial charge in [-0.15, -0.1) is 6.58 Å². The van der Waals surface area contributed by atoms with Crippen LogP contribution in [0.25, 0.3) is 0 Å². The van der Waals surface area contributed by atoms with E-state index >= 15 is 0 Å². The molecule has 1 heterocycles. The Hall–Kier alpha value is -1.26. The molecule has 1 fully saturated rings. The fourth-order valence-electron chi connectivity index (χ4n) is 1.69. The number of carbonyl (C=O) groups excluding carboxylic acids is 2. The highest BCUT2D eigenvalue weighted by atomic mass is 16.6. The molecule has 74 valence electrons. The van der Waals surface area contributed by atoms with Crippen LogP contribution in [0.4, 0.5) is 0 Å². The molecule has 0 saturated carbocycles. The summed E-state index contributed by atoms with van der Waals surface area (Å²) in [5, 5.41) is 8.99. The normalized spacial score (nSPS) is 30.4. The molecule has 0 aromatic rings. The summed E-state index contributed by atoms with van der Waals surface area (Å²) in [6.45, 7) is 3.10. The maximum absolute atomic E-state index is 11.6. The van der Waals surface area contributed by atoms with E-state index in [4.69, 9.17) is 9.84 Å². The second kappa shape index (κ2) is 3.15. The molecule has 0 spiro atoms. The number of ketones is 2. The van der Waals surface area contributed by atoms with Crippen LogP contribution < -0.4 is 0 Å². The molecule has 0 aromatic carbocycles. The van der Waals surface area contributed by atoms with Crippen molar-refractivity contribution in [2.24, 2.45) is 0 Å². The highest BCUT2D eigenvalue weighted by molar-refractivity contribution is 6.18. The summed E-state index contributed by atoms with van der Waals surface area (Å²) in [4.78, 5) is 23.1. The third kappa shape index (κ3) is 1.15. The molecule has 2 atom stereocenters. The molecule has 0 aromatic heterocycles. The number of hydrogen-bond acceptors (Lipinski definition) is 4. The highest BCUT2D eigenvalue weighted by Gasteiger charge is 2.55. The lowest BCUT2D eigenvalue weighted by Crippen LogP contribution is -2.29. The van der Waals surface area contributed by atoms with Crippen molar-refractivity contribution in [3.8, 4) is 0 Å². The van der Waals surface area contributed by atoms with Crippen molar-refractivity contribution in [1.82, 2.24) is 0 Å². The van der Waals surface area contributed by atoms with Crippen molar-refractivity contribution in [3.05, 3.63) is 23.8 Å². The summed E-state index contributed by atoms with van der Waals surface area (Å²) in [5.74, 6) is -0.437. The van der Waals surface area contributed by atoms with Gasteiger partial charge < -0.3 is 9.84 Å². The van der Waals surface area contributed by atoms with Gasteiger partial charge in [-0.25, -0.2) is 0 Å². The van der Waals surface area contributed by atoms with Crippen LogP contribution in [-0.2, 0) is 14.3 Å². The molecule has 0 radical (unpaired) electrons. The average Bonchev–Trinajstić information content (AvgIpc) is 2.94. The number of epoxide rings is 1. The molecule has 4 heteroatoms. The van der Waals surface area contributed by atoms with Crippen LogP contribution in [0.3, 0.4) is 0 Å². The number of allylic oxidation sites excluding steroid dienone is 1. The van der Waals surface area contributed by atoms with Gasteiger partial charge in [0.05, 0.1) is 6.61 Å². The van der Waals surface area contributed by atoms with Crippen LogP contribution in [0.2, 0.25) is 0 Å². The van der Waals surface area contributed by atoms with Crippen LogP contribution in [0.5, 0.6) is 0 Å². The lowest BCUT2D eigenvalue weighted by atomic mass is 9.88. The van der Waals surface area contributed by atoms with Gasteiger partial charge >= 0.3 is 0 Å². The average molecular weight is 194 g/mol. The first-order valence-electron chi connectivity index (χ1n) is 4.38. The van der Waals surface area contributed by atoms with Crippen molar-refractivity contribution in [3.63, 3.8) is 0 Å². The van der Waals surface area contributed by atoms with Gasteiger partial charge in [0.2, 0.25) is 0 Å². The van der Waals surface area contributed by atoms with E-state index in [1.54, 1.807) is 6.08 Å². The minimum Gasteiger partial charge on any atom is -0.392 e. The van der Waals surface area contributed by atoms with Gasteiger partial charge in [-0.1, -0.05) is 6.08 Å². The zero-order valence-electron chi connectivity index (χ0n) is 7.53. The molecule has 1 N–H and O–H groups in total. The summed E-state index contributed by atoms with van der Waals surface area (Å²) in [6.07, 6.45) is 0.636. The SMILES string of the molecule is C=CCC1=C(CO)C(=O)[C@H]2O[C@H]2C1=O. The zero-order chi connectivity index (χ0) is 10.3. The summed E-state index contributed by atoms with van der Waals surface area (Å²) >= 11 is 0. The molecule has 0 unspecified atom stereocenters. The predicted octanol–water partition coefficient (Wildman–Crippen LogP) is -0.229. The molecule has 14 heavy (non-hydrogen) atoms. The van der Waals surface area contributed by atoms with E-state index in [2.05, 4.69) is 6.58 Å². The third-order valence-electron chi connectivity index (χ3n) is 2.47. The number of rotatable bonds is 3. The van der Waals surface area contributed by atoms with Gasteiger partial charge in [0.25, 0.3) is 0 Å². The summed E-state index contributed by atoms with van der Waals surface area (Å²) in [6, 6.07) is 0. The third-order valence-corrected chi connectivity index (χ3v) is 2.47. The molecule has 0 amide bonds. The topological polar surface area (TPSA) is 66.9 Å². The van der Waals surface area contributed by atoms with E-state index in [0.717, 1.165) is 0 Å². The van der Waals surface area contributed by atoms with Crippen LogP contribution in [-0.4, -0.2) is 35.5 Å². The van der Waals surface area contributed by atoms with Gasteiger partial charge in [0, 0.05) is 11.1 Å². The number of aliphatic hydroxyl groups is 1. The smallest absolute Gasteiger partial charge is 0.193 e. The van der Waals surface area contributed by atoms with Gasteiger partial charge in [0.1, 0.15) is 0 Å². The number of fused-ring (bicyclic) bond motifs is 1. The number of aliphatic hydroxyl groups excluding tert-OH is 1. The summed E-state index contributed by atoms with van der Waals surface area (Å²) in [7, 11) is 0. The Morgan fingerprint density at radius 3 is 2.36 bits per heavy atom. The Kier molecular flexibility index (Phi) is 2.09. The van der Waals surface area contributed by atoms with Crippen molar-refractivity contribution in [2.45, 2.75) is 18.6 Å². The molecule has 2 rings (SSSR count). The van der Waals surface area contributed by atoms with Gasteiger partial charge in [-0.05, 0) is 6.42 Å². The molecule has 4 nitrogen and oxygen atoms in total. The van der Waals surface area contributed by atoms with E-state index in [9.17, 15) is 9.59 Å². The molecule has 2 aliphatic rings. The minimum absolute atomic E-state index is 0.182. The van der Waals surface area contributed by atoms with E-state index in [1.807, 2.05) is 0 Å². The first-order chi connectivity index (χ1) is 6.70. The van der Waals surface area contributed by atoms with Crippen molar-refractivity contribution >= 4 is 11.6 Å². The molecular weight excluding hydrogens is 184 g/mol. The molecule has 1 saturated heterocycles. The van der Waals surface area contributed by atoms with Crippen molar-refractivity contribution < 1.29 is 19.4 Å². The Balaban J connectivity index is 2.40. The van der Waals surface area contributed by atoms with E-state index in [0.29, 0.717) is 12.0 Å². The minimum atomic E-state index is -0.627. The quantitative estimate of drug-likeness (QED) is 0.498. The zero-order valence-corrected chi connectivity index (χ0v) is 7.53. The first kappa shape index (κ1) is 9.30. The van der Waals surface area contributed by atoms with E-state index in [-0.39, 0.29) is 17.1 Å². The highest BCUT2D eigenvalue weighted by Crippen LogP contribution is 2.35. The van der Waals surface area contributed by atoms with Crippen molar-refractivity contribution in [1.29, 1.82) is 0 Å². The monoisotopic (exact) mass is 194 g/mol.